The minimum absolute atomic E-state index is 0.254. The Labute approximate surface area is 90.5 Å². The summed E-state index contributed by atoms with van der Waals surface area (Å²) in [6.07, 6.45) is 4.71. The summed E-state index contributed by atoms with van der Waals surface area (Å²) in [6, 6.07) is 4.33. The fourth-order valence-corrected chi connectivity index (χ4v) is 2.37. The minimum atomic E-state index is 0.254. The highest BCUT2D eigenvalue weighted by atomic mass is 16.3. The first-order chi connectivity index (χ1) is 7.31. The molecular formula is C12H18N2O. The maximum absolute atomic E-state index is 9.38. The lowest BCUT2D eigenvalue weighted by atomic mass is 9.83. The van der Waals surface area contributed by atoms with Gasteiger partial charge in [0.2, 0.25) is 0 Å². The average molecular weight is 206 g/mol. The van der Waals surface area contributed by atoms with Crippen molar-refractivity contribution in [1.82, 2.24) is 10.3 Å². The topological polar surface area (TPSA) is 45.2 Å². The van der Waals surface area contributed by atoms with Gasteiger partial charge in [-0.3, -0.25) is 4.98 Å². The lowest BCUT2D eigenvalue weighted by Crippen LogP contribution is -2.39. The monoisotopic (exact) mass is 206 g/mol. The van der Waals surface area contributed by atoms with Gasteiger partial charge in [-0.25, -0.2) is 0 Å². The predicted octanol–water partition coefficient (Wildman–Crippen LogP) is 1.36. The second-order valence-electron chi connectivity index (χ2n) is 4.45. The Morgan fingerprint density at radius 1 is 1.47 bits per heavy atom. The lowest BCUT2D eigenvalue weighted by Gasteiger charge is -2.35. The molecule has 82 valence electrons. The average Bonchev–Trinajstić information content (AvgIpc) is 2.30. The van der Waals surface area contributed by atoms with Crippen molar-refractivity contribution < 1.29 is 5.11 Å². The summed E-state index contributed by atoms with van der Waals surface area (Å²) < 4.78 is 0. The molecule has 2 heterocycles. The smallest absolute Gasteiger partial charge is 0.0477 e. The number of piperidine rings is 1. The van der Waals surface area contributed by atoms with E-state index in [1.165, 1.54) is 5.56 Å². The molecule has 0 spiro atoms. The lowest BCUT2D eigenvalue weighted by molar-refractivity contribution is 0.136. The van der Waals surface area contributed by atoms with Crippen LogP contribution < -0.4 is 5.32 Å². The van der Waals surface area contributed by atoms with Crippen molar-refractivity contribution in [1.29, 1.82) is 0 Å². The molecule has 0 saturated carbocycles. The van der Waals surface area contributed by atoms with Crippen molar-refractivity contribution in [3.8, 4) is 0 Å². The summed E-state index contributed by atoms with van der Waals surface area (Å²) in [5, 5.41) is 12.9. The van der Waals surface area contributed by atoms with E-state index in [-0.39, 0.29) is 12.6 Å². The standard InChI is InChI=1S/C12H18N2O/c1-9-6-11(8-15)12(14-7-9)10-2-4-13-5-3-10/h2-5,9,11-12,14-15H,6-8H2,1H3. The van der Waals surface area contributed by atoms with E-state index in [2.05, 4.69) is 17.2 Å². The highest BCUT2D eigenvalue weighted by molar-refractivity contribution is 5.17. The zero-order valence-corrected chi connectivity index (χ0v) is 9.06. The van der Waals surface area contributed by atoms with Crippen molar-refractivity contribution in [2.24, 2.45) is 11.8 Å². The van der Waals surface area contributed by atoms with Crippen LogP contribution in [-0.4, -0.2) is 23.2 Å². The molecule has 0 aromatic carbocycles. The molecule has 3 atom stereocenters. The van der Waals surface area contributed by atoms with Crippen molar-refractivity contribution >= 4 is 0 Å². The Morgan fingerprint density at radius 3 is 2.87 bits per heavy atom. The number of nitrogens with zero attached hydrogens (tertiary/aromatic N) is 1. The fraction of sp³-hybridized carbons (Fsp3) is 0.583. The van der Waals surface area contributed by atoms with Crippen LogP contribution in [0.4, 0.5) is 0 Å². The van der Waals surface area contributed by atoms with E-state index in [1.54, 1.807) is 0 Å². The molecule has 15 heavy (non-hydrogen) atoms. The van der Waals surface area contributed by atoms with E-state index in [4.69, 9.17) is 0 Å². The largest absolute Gasteiger partial charge is 0.396 e. The molecule has 3 heteroatoms. The number of nitrogens with one attached hydrogen (secondary N) is 1. The van der Waals surface area contributed by atoms with Crippen LogP contribution in [0.3, 0.4) is 0 Å². The fourth-order valence-electron chi connectivity index (χ4n) is 2.37. The maximum Gasteiger partial charge on any atom is 0.0477 e. The third-order valence-corrected chi connectivity index (χ3v) is 3.16. The van der Waals surface area contributed by atoms with E-state index in [0.717, 1.165) is 13.0 Å². The molecular weight excluding hydrogens is 188 g/mol. The number of aliphatic hydroxyl groups excluding tert-OH is 1. The molecule has 0 bridgehead atoms. The van der Waals surface area contributed by atoms with Crippen molar-refractivity contribution in [3.63, 3.8) is 0 Å². The number of aliphatic hydroxyl groups is 1. The normalized spacial score (nSPS) is 31.5. The highest BCUT2D eigenvalue weighted by Crippen LogP contribution is 2.30. The summed E-state index contributed by atoms with van der Waals surface area (Å²) in [4.78, 5) is 4.02. The number of aromatic nitrogens is 1. The number of hydrogen-bond donors (Lipinski definition) is 2. The SMILES string of the molecule is CC1CNC(c2ccncc2)C(CO)C1. The van der Waals surface area contributed by atoms with E-state index in [1.807, 2.05) is 24.5 Å². The summed E-state index contributed by atoms with van der Waals surface area (Å²) in [5.41, 5.74) is 1.23. The van der Waals surface area contributed by atoms with E-state index >= 15 is 0 Å². The predicted molar refractivity (Wildman–Crippen MR) is 59.3 cm³/mol. The van der Waals surface area contributed by atoms with Crippen molar-refractivity contribution in [2.75, 3.05) is 13.2 Å². The molecule has 3 nitrogen and oxygen atoms in total. The van der Waals surface area contributed by atoms with Gasteiger partial charge in [0.1, 0.15) is 0 Å². The highest BCUT2D eigenvalue weighted by Gasteiger charge is 2.28. The number of rotatable bonds is 2. The molecule has 0 radical (unpaired) electrons. The Morgan fingerprint density at radius 2 is 2.20 bits per heavy atom. The van der Waals surface area contributed by atoms with Crippen LogP contribution in [0.1, 0.15) is 24.9 Å². The Balaban J connectivity index is 2.14. The summed E-state index contributed by atoms with van der Waals surface area (Å²) in [6.45, 7) is 3.51. The summed E-state index contributed by atoms with van der Waals surface area (Å²) in [5.74, 6) is 0.983. The Hall–Kier alpha value is -0.930. The molecule has 1 aromatic heterocycles. The molecule has 0 aliphatic carbocycles. The number of pyridine rings is 1. The van der Waals surface area contributed by atoms with Gasteiger partial charge in [-0.2, -0.15) is 0 Å². The third kappa shape index (κ3) is 2.36. The zero-order chi connectivity index (χ0) is 10.7. The zero-order valence-electron chi connectivity index (χ0n) is 9.06. The van der Waals surface area contributed by atoms with Gasteiger partial charge < -0.3 is 10.4 Å². The van der Waals surface area contributed by atoms with Crippen molar-refractivity contribution in [3.05, 3.63) is 30.1 Å². The van der Waals surface area contributed by atoms with Crippen LogP contribution in [0.2, 0.25) is 0 Å². The van der Waals surface area contributed by atoms with Crippen LogP contribution in [0.15, 0.2) is 24.5 Å². The van der Waals surface area contributed by atoms with Gasteiger partial charge in [0.15, 0.2) is 0 Å². The van der Waals surface area contributed by atoms with Crippen LogP contribution in [0.25, 0.3) is 0 Å². The Bertz CT molecular complexity index is 302. The van der Waals surface area contributed by atoms with Gasteiger partial charge in [0, 0.05) is 31.0 Å². The molecule has 1 aliphatic heterocycles. The maximum atomic E-state index is 9.38. The van der Waals surface area contributed by atoms with Crippen LogP contribution in [0.5, 0.6) is 0 Å². The van der Waals surface area contributed by atoms with E-state index in [0.29, 0.717) is 11.8 Å². The molecule has 1 aliphatic rings. The van der Waals surface area contributed by atoms with Crippen LogP contribution in [0, 0.1) is 11.8 Å². The van der Waals surface area contributed by atoms with Crippen LogP contribution >= 0.6 is 0 Å². The van der Waals surface area contributed by atoms with Crippen LogP contribution in [-0.2, 0) is 0 Å². The summed E-state index contributed by atoms with van der Waals surface area (Å²) in [7, 11) is 0. The van der Waals surface area contributed by atoms with Gasteiger partial charge in [-0.05, 0) is 36.6 Å². The molecule has 1 aromatic rings. The third-order valence-electron chi connectivity index (χ3n) is 3.16. The van der Waals surface area contributed by atoms with Gasteiger partial charge in [0.05, 0.1) is 0 Å². The molecule has 2 N–H and O–H groups in total. The van der Waals surface area contributed by atoms with E-state index < -0.39 is 0 Å². The molecule has 0 amide bonds. The van der Waals surface area contributed by atoms with Gasteiger partial charge in [0.25, 0.3) is 0 Å². The van der Waals surface area contributed by atoms with Gasteiger partial charge >= 0.3 is 0 Å². The van der Waals surface area contributed by atoms with Crippen molar-refractivity contribution in [2.45, 2.75) is 19.4 Å². The number of hydrogen-bond acceptors (Lipinski definition) is 3. The Kier molecular flexibility index (Phi) is 3.34. The van der Waals surface area contributed by atoms with E-state index in [9.17, 15) is 5.11 Å². The first-order valence-electron chi connectivity index (χ1n) is 5.55. The van der Waals surface area contributed by atoms with Gasteiger partial charge in [-0.15, -0.1) is 0 Å². The molecule has 1 saturated heterocycles. The second kappa shape index (κ2) is 4.73. The molecule has 3 unspecified atom stereocenters. The summed E-state index contributed by atoms with van der Waals surface area (Å²) >= 11 is 0. The van der Waals surface area contributed by atoms with Gasteiger partial charge in [-0.1, -0.05) is 6.92 Å². The first kappa shape index (κ1) is 10.6. The minimum Gasteiger partial charge on any atom is -0.396 e. The second-order valence-corrected chi connectivity index (χ2v) is 4.45. The quantitative estimate of drug-likeness (QED) is 0.768. The molecule has 1 fully saturated rings. The molecule has 2 rings (SSSR count). The first-order valence-corrected chi connectivity index (χ1v) is 5.55.